The van der Waals surface area contributed by atoms with Crippen LogP contribution < -0.4 is 0 Å². The molecule has 0 aliphatic carbocycles. The zero-order valence-electron chi connectivity index (χ0n) is 8.34. The van der Waals surface area contributed by atoms with Crippen LogP contribution in [0.3, 0.4) is 0 Å². The Bertz CT molecular complexity index is 385. The zero-order chi connectivity index (χ0) is 11.1. The van der Waals surface area contributed by atoms with Crippen molar-refractivity contribution in [1.29, 1.82) is 0 Å². The fourth-order valence-electron chi connectivity index (χ4n) is 1.92. The summed E-state index contributed by atoms with van der Waals surface area (Å²) in [6.45, 7) is 2.05. The van der Waals surface area contributed by atoms with Gasteiger partial charge in [0.15, 0.2) is 0 Å². The van der Waals surface area contributed by atoms with Crippen molar-refractivity contribution >= 4 is 23.4 Å². The topological polar surface area (TPSA) is 20.2 Å². The largest absolute Gasteiger partial charge is 0.384 e. The van der Waals surface area contributed by atoms with Gasteiger partial charge in [0.25, 0.3) is 0 Å². The minimum atomic E-state index is -0.969. The fraction of sp³-hybridized carbons (Fsp3) is 0.455. The second kappa shape index (κ2) is 3.96. The first kappa shape index (κ1) is 11.2. The van der Waals surface area contributed by atoms with Crippen LogP contribution in [0, 0.1) is 5.82 Å². The number of hydrogen-bond acceptors (Lipinski definition) is 2. The summed E-state index contributed by atoms with van der Waals surface area (Å²) in [5.74, 6) is 0.226. The van der Waals surface area contributed by atoms with E-state index in [9.17, 15) is 9.50 Å². The molecule has 0 saturated carbocycles. The fourth-order valence-corrected chi connectivity index (χ4v) is 3.44. The third-order valence-corrected chi connectivity index (χ3v) is 4.37. The van der Waals surface area contributed by atoms with Gasteiger partial charge in [-0.15, -0.1) is 0 Å². The minimum absolute atomic E-state index is 0.354. The summed E-state index contributed by atoms with van der Waals surface area (Å²) in [7, 11) is 0. The molecule has 1 nitrogen and oxygen atoms in total. The Morgan fingerprint density at radius 2 is 2.33 bits per heavy atom. The molecular weight excluding hydrogens is 235 g/mol. The molecule has 1 aliphatic rings. The van der Waals surface area contributed by atoms with Gasteiger partial charge in [-0.3, -0.25) is 0 Å². The molecule has 0 aromatic heterocycles. The molecule has 0 radical (unpaired) electrons. The Morgan fingerprint density at radius 3 is 2.93 bits per heavy atom. The lowest BCUT2D eigenvalue weighted by molar-refractivity contribution is 0.0610. The molecule has 1 aromatic carbocycles. The number of hydrogen-bond donors (Lipinski definition) is 1. The van der Waals surface area contributed by atoms with Crippen molar-refractivity contribution in [2.75, 3.05) is 5.75 Å². The molecule has 1 N–H and O–H groups in total. The lowest BCUT2D eigenvalue weighted by atomic mass is 9.91. The molecule has 2 atom stereocenters. The summed E-state index contributed by atoms with van der Waals surface area (Å²) in [6, 6.07) is 4.14. The standard InChI is InChI=1S/C11H12ClFOS/c1-7-5-11(14,6-15-7)9-4-8(13)2-3-10(9)12/h2-4,7,14H,5-6H2,1H3. The van der Waals surface area contributed by atoms with Crippen molar-refractivity contribution < 1.29 is 9.50 Å². The zero-order valence-corrected chi connectivity index (χ0v) is 9.91. The average molecular weight is 247 g/mol. The van der Waals surface area contributed by atoms with Crippen LogP contribution in [0.5, 0.6) is 0 Å². The molecule has 1 heterocycles. The molecule has 1 fully saturated rings. The maximum atomic E-state index is 13.1. The highest BCUT2D eigenvalue weighted by atomic mass is 35.5. The van der Waals surface area contributed by atoms with Gasteiger partial charge in [-0.1, -0.05) is 18.5 Å². The first-order chi connectivity index (χ1) is 7.01. The van der Waals surface area contributed by atoms with E-state index in [-0.39, 0.29) is 5.82 Å². The van der Waals surface area contributed by atoms with Crippen molar-refractivity contribution in [2.45, 2.75) is 24.2 Å². The summed E-state index contributed by atoms with van der Waals surface area (Å²) >= 11 is 7.66. The molecule has 0 bridgehead atoms. The van der Waals surface area contributed by atoms with Gasteiger partial charge in [-0.2, -0.15) is 11.8 Å². The first-order valence-corrected chi connectivity index (χ1v) is 6.23. The van der Waals surface area contributed by atoms with Gasteiger partial charge in [0.2, 0.25) is 0 Å². The van der Waals surface area contributed by atoms with Gasteiger partial charge < -0.3 is 5.11 Å². The molecular formula is C11H12ClFOS. The summed E-state index contributed by atoms with van der Waals surface area (Å²) in [5.41, 5.74) is -0.454. The van der Waals surface area contributed by atoms with E-state index in [0.717, 1.165) is 0 Å². The molecule has 0 amide bonds. The highest BCUT2D eigenvalue weighted by Crippen LogP contribution is 2.43. The van der Waals surface area contributed by atoms with E-state index in [1.54, 1.807) is 11.8 Å². The van der Waals surface area contributed by atoms with Crippen molar-refractivity contribution in [1.82, 2.24) is 0 Å². The van der Waals surface area contributed by atoms with Crippen LogP contribution in [-0.4, -0.2) is 16.1 Å². The number of thioether (sulfide) groups is 1. The van der Waals surface area contributed by atoms with E-state index in [4.69, 9.17) is 11.6 Å². The molecule has 4 heteroatoms. The second-order valence-corrected chi connectivity index (χ2v) is 5.82. The predicted octanol–water partition coefficient (Wildman–Crippen LogP) is 3.19. The SMILES string of the molecule is CC1CC(O)(c2cc(F)ccc2Cl)CS1. The molecule has 1 aliphatic heterocycles. The summed E-state index contributed by atoms with van der Waals surface area (Å²) in [4.78, 5) is 0. The van der Waals surface area contributed by atoms with Crippen LogP contribution in [0.15, 0.2) is 18.2 Å². The van der Waals surface area contributed by atoms with E-state index in [1.807, 2.05) is 0 Å². The van der Waals surface area contributed by atoms with Crippen LogP contribution in [0.2, 0.25) is 5.02 Å². The Labute approximate surface area is 97.6 Å². The monoisotopic (exact) mass is 246 g/mol. The van der Waals surface area contributed by atoms with E-state index in [1.165, 1.54) is 18.2 Å². The maximum absolute atomic E-state index is 13.1. The van der Waals surface area contributed by atoms with Gasteiger partial charge in [0.1, 0.15) is 11.4 Å². The number of halogens is 2. The summed E-state index contributed by atoms with van der Waals surface area (Å²) in [5, 5.41) is 11.2. The number of aliphatic hydroxyl groups is 1. The Hall–Kier alpha value is -0.250. The van der Waals surface area contributed by atoms with Crippen molar-refractivity contribution in [3.05, 3.63) is 34.6 Å². The normalized spacial score (nSPS) is 30.8. The first-order valence-electron chi connectivity index (χ1n) is 4.81. The summed E-state index contributed by atoms with van der Waals surface area (Å²) < 4.78 is 13.1. The van der Waals surface area contributed by atoms with Crippen LogP contribution in [0.1, 0.15) is 18.9 Å². The van der Waals surface area contributed by atoms with Crippen LogP contribution in [0.25, 0.3) is 0 Å². The quantitative estimate of drug-likeness (QED) is 0.821. The molecule has 2 rings (SSSR count). The smallest absolute Gasteiger partial charge is 0.123 e. The molecule has 15 heavy (non-hydrogen) atoms. The van der Waals surface area contributed by atoms with Gasteiger partial charge in [-0.05, 0) is 24.6 Å². The highest BCUT2D eigenvalue weighted by Gasteiger charge is 2.39. The molecule has 82 valence electrons. The van der Waals surface area contributed by atoms with E-state index in [2.05, 4.69) is 6.92 Å². The van der Waals surface area contributed by atoms with Crippen molar-refractivity contribution in [2.24, 2.45) is 0 Å². The van der Waals surface area contributed by atoms with E-state index < -0.39 is 5.60 Å². The van der Waals surface area contributed by atoms with E-state index >= 15 is 0 Å². The number of rotatable bonds is 1. The van der Waals surface area contributed by atoms with E-state index in [0.29, 0.717) is 28.0 Å². The van der Waals surface area contributed by atoms with Crippen molar-refractivity contribution in [3.8, 4) is 0 Å². The van der Waals surface area contributed by atoms with Gasteiger partial charge >= 0.3 is 0 Å². The minimum Gasteiger partial charge on any atom is -0.384 e. The third-order valence-electron chi connectivity index (χ3n) is 2.66. The molecule has 0 spiro atoms. The van der Waals surface area contributed by atoms with Gasteiger partial charge in [0.05, 0.1) is 0 Å². The number of benzene rings is 1. The molecule has 1 saturated heterocycles. The lowest BCUT2D eigenvalue weighted by Gasteiger charge is -2.23. The summed E-state index contributed by atoms with van der Waals surface area (Å²) in [6.07, 6.45) is 0.626. The van der Waals surface area contributed by atoms with Crippen molar-refractivity contribution in [3.63, 3.8) is 0 Å². The predicted molar refractivity (Wildman–Crippen MR) is 61.8 cm³/mol. The maximum Gasteiger partial charge on any atom is 0.123 e. The average Bonchev–Trinajstić information content (AvgIpc) is 2.52. The third kappa shape index (κ3) is 2.14. The lowest BCUT2D eigenvalue weighted by Crippen LogP contribution is -2.26. The molecule has 1 aromatic rings. The second-order valence-electron chi connectivity index (χ2n) is 3.98. The molecule has 2 unspecified atom stereocenters. The Morgan fingerprint density at radius 1 is 1.60 bits per heavy atom. The van der Waals surface area contributed by atoms with Crippen LogP contribution in [-0.2, 0) is 5.60 Å². The van der Waals surface area contributed by atoms with Crippen LogP contribution in [0.4, 0.5) is 4.39 Å². The van der Waals surface area contributed by atoms with Gasteiger partial charge in [-0.25, -0.2) is 4.39 Å². The van der Waals surface area contributed by atoms with Gasteiger partial charge in [0, 0.05) is 21.6 Å². The Balaban J connectivity index is 2.40. The highest BCUT2D eigenvalue weighted by molar-refractivity contribution is 8.00. The van der Waals surface area contributed by atoms with Crippen LogP contribution >= 0.6 is 23.4 Å². The Kier molecular flexibility index (Phi) is 2.97.